The van der Waals surface area contributed by atoms with Gasteiger partial charge < -0.3 is 4.74 Å². The summed E-state index contributed by atoms with van der Waals surface area (Å²) in [7, 11) is -3.55. The van der Waals surface area contributed by atoms with Gasteiger partial charge in [-0.05, 0) is 41.8 Å². The molecule has 0 bridgehead atoms. The molecule has 0 N–H and O–H groups in total. The van der Waals surface area contributed by atoms with Gasteiger partial charge in [0.15, 0.2) is 0 Å². The minimum absolute atomic E-state index is 0.292. The second-order valence-corrected chi connectivity index (χ2v) is 10.7. The SMILES string of the molecule is Cc1ccccc1S(=O)(=O)N1CCN(CCOC(c2ccccc2)c2cccc(C(F)(F)F)c2)CC1. The molecule has 1 atom stereocenters. The van der Waals surface area contributed by atoms with Crippen LogP contribution in [0.3, 0.4) is 0 Å². The number of nitrogens with zero attached hydrogens (tertiary/aromatic N) is 2. The van der Waals surface area contributed by atoms with Gasteiger partial charge in [0.2, 0.25) is 10.0 Å². The molecule has 0 spiro atoms. The van der Waals surface area contributed by atoms with Crippen molar-refractivity contribution in [2.24, 2.45) is 0 Å². The summed E-state index contributed by atoms with van der Waals surface area (Å²) in [5, 5.41) is 0. The maximum atomic E-state index is 13.3. The molecule has 0 saturated carbocycles. The lowest BCUT2D eigenvalue weighted by atomic mass is 9.99. The highest BCUT2D eigenvalue weighted by Crippen LogP contribution is 2.33. The first kappa shape index (κ1) is 26.3. The van der Waals surface area contributed by atoms with Crippen molar-refractivity contribution in [3.8, 4) is 0 Å². The lowest BCUT2D eigenvalue weighted by Gasteiger charge is -2.34. The van der Waals surface area contributed by atoms with Gasteiger partial charge in [-0.25, -0.2) is 8.42 Å². The van der Waals surface area contributed by atoms with Crippen LogP contribution in [0.2, 0.25) is 0 Å². The van der Waals surface area contributed by atoms with E-state index in [-0.39, 0.29) is 0 Å². The molecule has 192 valence electrons. The summed E-state index contributed by atoms with van der Waals surface area (Å²) in [6, 6.07) is 21.3. The van der Waals surface area contributed by atoms with Gasteiger partial charge in [-0.2, -0.15) is 17.5 Å². The van der Waals surface area contributed by atoms with E-state index in [4.69, 9.17) is 4.74 Å². The Balaban J connectivity index is 1.38. The first-order valence-electron chi connectivity index (χ1n) is 11.8. The van der Waals surface area contributed by atoms with Crippen LogP contribution in [0.4, 0.5) is 13.2 Å². The summed E-state index contributed by atoms with van der Waals surface area (Å²) in [5.74, 6) is 0. The van der Waals surface area contributed by atoms with E-state index in [0.717, 1.165) is 23.3 Å². The van der Waals surface area contributed by atoms with Gasteiger partial charge in [-0.1, -0.05) is 60.7 Å². The predicted octanol–water partition coefficient (Wildman–Crippen LogP) is 5.13. The lowest BCUT2D eigenvalue weighted by molar-refractivity contribution is -0.137. The molecule has 1 fully saturated rings. The van der Waals surface area contributed by atoms with Gasteiger partial charge in [0, 0.05) is 32.7 Å². The Labute approximate surface area is 210 Å². The first-order chi connectivity index (χ1) is 17.2. The third-order valence-corrected chi connectivity index (χ3v) is 8.41. The molecule has 3 aromatic rings. The molecule has 0 aromatic heterocycles. The van der Waals surface area contributed by atoms with Crippen molar-refractivity contribution in [1.29, 1.82) is 0 Å². The van der Waals surface area contributed by atoms with Gasteiger partial charge in [-0.15, -0.1) is 0 Å². The molecule has 9 heteroatoms. The van der Waals surface area contributed by atoms with Crippen LogP contribution in [0, 0.1) is 6.92 Å². The first-order valence-corrected chi connectivity index (χ1v) is 13.2. The van der Waals surface area contributed by atoms with Crippen molar-refractivity contribution in [2.45, 2.75) is 24.1 Å². The van der Waals surface area contributed by atoms with Crippen LogP contribution < -0.4 is 0 Å². The standard InChI is InChI=1S/C27H29F3N2O3S/c1-21-8-5-6-13-25(21)36(33,34)32-16-14-31(15-17-32)18-19-35-26(22-9-3-2-4-10-22)23-11-7-12-24(20-23)27(28,29)30/h2-13,20,26H,14-19H2,1H3. The topological polar surface area (TPSA) is 49.9 Å². The number of rotatable bonds is 8. The van der Waals surface area contributed by atoms with Crippen molar-refractivity contribution >= 4 is 10.0 Å². The van der Waals surface area contributed by atoms with Crippen LogP contribution in [-0.2, 0) is 20.9 Å². The van der Waals surface area contributed by atoms with Crippen molar-refractivity contribution in [3.05, 3.63) is 101 Å². The average Bonchev–Trinajstić information content (AvgIpc) is 2.87. The largest absolute Gasteiger partial charge is 0.416 e. The molecule has 0 aliphatic carbocycles. The third kappa shape index (κ3) is 6.15. The van der Waals surface area contributed by atoms with E-state index < -0.39 is 27.9 Å². The van der Waals surface area contributed by atoms with Gasteiger partial charge >= 0.3 is 6.18 Å². The monoisotopic (exact) mass is 518 g/mol. The quantitative estimate of drug-likeness (QED) is 0.415. The summed E-state index contributed by atoms with van der Waals surface area (Å²) in [5.41, 5.74) is 1.21. The minimum Gasteiger partial charge on any atom is -0.367 e. The number of halogens is 3. The number of aryl methyl sites for hydroxylation is 1. The van der Waals surface area contributed by atoms with E-state index in [0.29, 0.717) is 49.8 Å². The number of sulfonamides is 1. The summed E-state index contributed by atoms with van der Waals surface area (Å²) in [4.78, 5) is 2.44. The molecular formula is C27H29F3N2O3S. The highest BCUT2D eigenvalue weighted by Gasteiger charge is 2.32. The molecule has 0 radical (unpaired) electrons. The van der Waals surface area contributed by atoms with E-state index >= 15 is 0 Å². The fourth-order valence-corrected chi connectivity index (χ4v) is 6.02. The summed E-state index contributed by atoms with van der Waals surface area (Å²) in [6.45, 7) is 4.45. The number of hydrogen-bond acceptors (Lipinski definition) is 4. The summed E-state index contributed by atoms with van der Waals surface area (Å²) < 4.78 is 73.5. The molecule has 0 amide bonds. The Morgan fingerprint density at radius 3 is 2.17 bits per heavy atom. The van der Waals surface area contributed by atoms with E-state index in [1.54, 1.807) is 31.2 Å². The third-order valence-electron chi connectivity index (χ3n) is 6.35. The Hall–Kier alpha value is -2.72. The van der Waals surface area contributed by atoms with Crippen LogP contribution in [0.5, 0.6) is 0 Å². The second kappa shape index (κ2) is 11.1. The summed E-state index contributed by atoms with van der Waals surface area (Å²) >= 11 is 0. The molecule has 4 rings (SSSR count). The zero-order chi connectivity index (χ0) is 25.8. The Kier molecular flexibility index (Phi) is 8.14. The molecule has 36 heavy (non-hydrogen) atoms. The average molecular weight is 519 g/mol. The van der Waals surface area contributed by atoms with Crippen LogP contribution >= 0.6 is 0 Å². The fraction of sp³-hybridized carbons (Fsp3) is 0.333. The van der Waals surface area contributed by atoms with Gasteiger partial charge in [0.1, 0.15) is 6.10 Å². The molecule has 1 aliphatic rings. The Morgan fingerprint density at radius 1 is 0.861 bits per heavy atom. The van der Waals surface area contributed by atoms with E-state index in [1.165, 1.54) is 10.4 Å². The smallest absolute Gasteiger partial charge is 0.367 e. The van der Waals surface area contributed by atoms with E-state index in [9.17, 15) is 21.6 Å². The minimum atomic E-state index is -4.43. The Morgan fingerprint density at radius 2 is 1.50 bits per heavy atom. The normalized spacial score (nSPS) is 16.7. The highest BCUT2D eigenvalue weighted by atomic mass is 32.2. The number of ether oxygens (including phenoxy) is 1. The van der Waals surface area contributed by atoms with Gasteiger partial charge in [0.25, 0.3) is 0 Å². The van der Waals surface area contributed by atoms with Crippen molar-refractivity contribution in [3.63, 3.8) is 0 Å². The predicted molar refractivity (Wildman–Crippen MR) is 132 cm³/mol. The van der Waals surface area contributed by atoms with Crippen molar-refractivity contribution in [2.75, 3.05) is 39.3 Å². The maximum Gasteiger partial charge on any atom is 0.416 e. The van der Waals surface area contributed by atoms with Crippen molar-refractivity contribution < 1.29 is 26.3 Å². The van der Waals surface area contributed by atoms with Crippen LogP contribution in [0.1, 0.15) is 28.4 Å². The molecule has 5 nitrogen and oxygen atoms in total. The molecular weight excluding hydrogens is 489 g/mol. The number of hydrogen-bond donors (Lipinski definition) is 0. The molecule has 1 saturated heterocycles. The highest BCUT2D eigenvalue weighted by molar-refractivity contribution is 7.89. The second-order valence-electron chi connectivity index (χ2n) is 8.80. The van der Waals surface area contributed by atoms with E-state index in [1.807, 2.05) is 36.4 Å². The molecule has 1 heterocycles. The molecule has 1 aliphatic heterocycles. The molecule has 1 unspecified atom stereocenters. The molecule has 3 aromatic carbocycles. The van der Waals surface area contributed by atoms with Gasteiger partial charge in [0.05, 0.1) is 17.1 Å². The van der Waals surface area contributed by atoms with Crippen molar-refractivity contribution in [1.82, 2.24) is 9.21 Å². The fourth-order valence-electron chi connectivity index (χ4n) is 4.37. The number of benzene rings is 3. The Bertz CT molecular complexity index is 1260. The zero-order valence-electron chi connectivity index (χ0n) is 20.0. The summed E-state index contributed by atoms with van der Waals surface area (Å²) in [6.07, 6.45) is -5.08. The number of alkyl halides is 3. The van der Waals surface area contributed by atoms with Crippen LogP contribution in [-0.4, -0.2) is 57.0 Å². The van der Waals surface area contributed by atoms with E-state index in [2.05, 4.69) is 4.90 Å². The number of piperazine rings is 1. The zero-order valence-corrected chi connectivity index (χ0v) is 20.8. The maximum absolute atomic E-state index is 13.3. The van der Waals surface area contributed by atoms with Crippen LogP contribution in [0.15, 0.2) is 83.8 Å². The lowest BCUT2D eigenvalue weighted by Crippen LogP contribution is -2.49. The van der Waals surface area contributed by atoms with Gasteiger partial charge in [-0.3, -0.25) is 4.90 Å². The van der Waals surface area contributed by atoms with Crippen LogP contribution in [0.25, 0.3) is 0 Å².